The topological polar surface area (TPSA) is 133 Å². The Balaban J connectivity index is 1.71. The summed E-state index contributed by atoms with van der Waals surface area (Å²) in [6, 6.07) is 10.8. The van der Waals surface area contributed by atoms with Crippen LogP contribution in [0.2, 0.25) is 0 Å². The smallest absolute Gasteiger partial charge is 0.312 e. The van der Waals surface area contributed by atoms with Gasteiger partial charge in [0.25, 0.3) is 5.91 Å². The zero-order chi connectivity index (χ0) is 19.6. The SMILES string of the molecule is NS(=O)(=O)c1ccc(OCC(=O)N2CCc3ccccc3C2)c([N+](=O)[O-])c1. The number of rotatable bonds is 5. The number of nitrogens with zero attached hydrogens (tertiary/aromatic N) is 2. The molecule has 0 atom stereocenters. The molecule has 1 aliphatic heterocycles. The molecule has 0 spiro atoms. The van der Waals surface area contributed by atoms with Crippen LogP contribution in [0, 0.1) is 10.1 Å². The molecule has 9 nitrogen and oxygen atoms in total. The van der Waals surface area contributed by atoms with Crippen molar-refractivity contribution in [3.8, 4) is 5.75 Å². The number of amides is 1. The van der Waals surface area contributed by atoms with Crippen LogP contribution in [0.1, 0.15) is 11.1 Å². The lowest BCUT2D eigenvalue weighted by Crippen LogP contribution is -2.38. The van der Waals surface area contributed by atoms with Gasteiger partial charge in [-0.3, -0.25) is 14.9 Å². The molecule has 0 saturated heterocycles. The van der Waals surface area contributed by atoms with E-state index in [0.29, 0.717) is 13.1 Å². The van der Waals surface area contributed by atoms with Gasteiger partial charge in [0, 0.05) is 19.2 Å². The predicted molar refractivity (Wildman–Crippen MR) is 95.5 cm³/mol. The number of nitrogens with two attached hydrogens (primary N) is 1. The van der Waals surface area contributed by atoms with E-state index in [-0.39, 0.29) is 11.7 Å². The Kier molecular flexibility index (Phi) is 5.10. The Morgan fingerprint density at radius 1 is 1.22 bits per heavy atom. The van der Waals surface area contributed by atoms with Gasteiger partial charge in [0.2, 0.25) is 10.0 Å². The third-order valence-electron chi connectivity index (χ3n) is 4.29. The highest BCUT2D eigenvalue weighted by atomic mass is 32.2. The Morgan fingerprint density at radius 2 is 1.93 bits per heavy atom. The minimum Gasteiger partial charge on any atom is -0.477 e. The number of carbonyl (C=O) groups excluding carboxylic acids is 1. The molecular formula is C17H17N3O6S. The van der Waals surface area contributed by atoms with E-state index in [1.54, 1.807) is 4.90 Å². The second kappa shape index (κ2) is 7.33. The number of benzene rings is 2. The van der Waals surface area contributed by atoms with Crippen molar-refractivity contribution in [1.29, 1.82) is 0 Å². The summed E-state index contributed by atoms with van der Waals surface area (Å²) >= 11 is 0. The van der Waals surface area contributed by atoms with Crippen molar-refractivity contribution in [3.05, 3.63) is 63.7 Å². The first-order valence-corrected chi connectivity index (χ1v) is 9.59. The van der Waals surface area contributed by atoms with Crippen molar-refractivity contribution in [1.82, 2.24) is 4.90 Å². The number of primary sulfonamides is 1. The quantitative estimate of drug-likeness (QED) is 0.601. The fourth-order valence-corrected chi connectivity index (χ4v) is 3.41. The lowest BCUT2D eigenvalue weighted by atomic mass is 10.00. The van der Waals surface area contributed by atoms with Crippen LogP contribution in [-0.4, -0.2) is 37.3 Å². The van der Waals surface area contributed by atoms with Crippen molar-refractivity contribution in [2.24, 2.45) is 5.14 Å². The van der Waals surface area contributed by atoms with E-state index in [9.17, 15) is 23.3 Å². The van der Waals surface area contributed by atoms with Crippen LogP contribution in [-0.2, 0) is 27.8 Å². The van der Waals surface area contributed by atoms with Gasteiger partial charge in [-0.25, -0.2) is 13.6 Å². The van der Waals surface area contributed by atoms with Crippen molar-refractivity contribution in [2.75, 3.05) is 13.2 Å². The number of sulfonamides is 1. The van der Waals surface area contributed by atoms with Crippen LogP contribution in [0.3, 0.4) is 0 Å². The molecule has 0 aliphatic carbocycles. The van der Waals surface area contributed by atoms with Gasteiger partial charge in [0.15, 0.2) is 12.4 Å². The molecule has 0 aromatic heterocycles. The molecule has 1 amide bonds. The first-order valence-electron chi connectivity index (χ1n) is 8.04. The van der Waals surface area contributed by atoms with Crippen LogP contribution in [0.4, 0.5) is 5.69 Å². The van der Waals surface area contributed by atoms with E-state index in [1.807, 2.05) is 24.3 Å². The van der Waals surface area contributed by atoms with Crippen molar-refractivity contribution in [2.45, 2.75) is 17.9 Å². The van der Waals surface area contributed by atoms with Gasteiger partial charge in [-0.15, -0.1) is 0 Å². The number of carbonyl (C=O) groups is 1. The molecule has 0 bridgehead atoms. The zero-order valence-corrected chi connectivity index (χ0v) is 15.0. The summed E-state index contributed by atoms with van der Waals surface area (Å²) in [4.78, 5) is 24.0. The van der Waals surface area contributed by atoms with Gasteiger partial charge in [0.05, 0.1) is 9.82 Å². The van der Waals surface area contributed by atoms with Crippen molar-refractivity contribution < 1.29 is 22.9 Å². The van der Waals surface area contributed by atoms with E-state index in [2.05, 4.69) is 0 Å². The summed E-state index contributed by atoms with van der Waals surface area (Å²) in [6.45, 7) is 0.591. The molecule has 1 aliphatic rings. The van der Waals surface area contributed by atoms with Crippen LogP contribution in [0.5, 0.6) is 5.75 Å². The number of nitro benzene ring substituents is 1. The minimum absolute atomic E-state index is 0.196. The van der Waals surface area contributed by atoms with E-state index >= 15 is 0 Å². The first kappa shape index (κ1) is 18.8. The molecule has 2 aromatic rings. The van der Waals surface area contributed by atoms with Crippen LogP contribution >= 0.6 is 0 Å². The molecular weight excluding hydrogens is 374 g/mol. The van der Waals surface area contributed by atoms with Crippen molar-refractivity contribution >= 4 is 21.6 Å². The monoisotopic (exact) mass is 391 g/mol. The van der Waals surface area contributed by atoms with Gasteiger partial charge in [-0.2, -0.15) is 0 Å². The molecule has 142 valence electrons. The van der Waals surface area contributed by atoms with E-state index < -0.39 is 32.1 Å². The number of hydrogen-bond acceptors (Lipinski definition) is 6. The van der Waals surface area contributed by atoms with Gasteiger partial charge >= 0.3 is 5.69 Å². The molecule has 27 heavy (non-hydrogen) atoms. The summed E-state index contributed by atoms with van der Waals surface area (Å²) in [7, 11) is -4.09. The Morgan fingerprint density at radius 3 is 2.59 bits per heavy atom. The number of nitro groups is 1. The van der Waals surface area contributed by atoms with Gasteiger partial charge in [-0.1, -0.05) is 24.3 Å². The average molecular weight is 391 g/mol. The maximum atomic E-state index is 12.4. The molecule has 2 N–H and O–H groups in total. The molecule has 0 radical (unpaired) electrons. The normalized spacial score (nSPS) is 13.7. The Labute approximate surface area is 155 Å². The standard InChI is InChI=1S/C17H17N3O6S/c18-27(24,25)14-5-6-16(15(9-14)20(22)23)26-11-17(21)19-8-7-12-3-1-2-4-13(12)10-19/h1-6,9H,7-8,10-11H2,(H2,18,24,25). The third-order valence-corrected chi connectivity index (χ3v) is 5.20. The highest BCUT2D eigenvalue weighted by Gasteiger charge is 2.24. The maximum Gasteiger partial charge on any atom is 0.312 e. The van der Waals surface area contributed by atoms with Crippen LogP contribution in [0.15, 0.2) is 47.4 Å². The van der Waals surface area contributed by atoms with Crippen LogP contribution < -0.4 is 9.88 Å². The summed E-state index contributed by atoms with van der Waals surface area (Å²) in [6.07, 6.45) is 0.727. The van der Waals surface area contributed by atoms with Gasteiger partial charge in [0.1, 0.15) is 0 Å². The summed E-state index contributed by atoms with van der Waals surface area (Å²) in [5.41, 5.74) is 1.68. The number of fused-ring (bicyclic) bond motifs is 1. The summed E-state index contributed by atoms with van der Waals surface area (Å²) in [5.74, 6) is -0.507. The summed E-state index contributed by atoms with van der Waals surface area (Å²) < 4.78 is 28.0. The van der Waals surface area contributed by atoms with Gasteiger partial charge < -0.3 is 9.64 Å². The predicted octanol–water partition coefficient (Wildman–Crippen LogP) is 1.21. The molecule has 1 heterocycles. The maximum absolute atomic E-state index is 12.4. The second-order valence-electron chi connectivity index (χ2n) is 6.05. The minimum atomic E-state index is -4.09. The number of ether oxygens (including phenoxy) is 1. The van der Waals surface area contributed by atoms with Crippen molar-refractivity contribution in [3.63, 3.8) is 0 Å². The van der Waals surface area contributed by atoms with E-state index in [0.717, 1.165) is 30.2 Å². The van der Waals surface area contributed by atoms with E-state index in [1.165, 1.54) is 5.56 Å². The third kappa shape index (κ3) is 4.23. The summed E-state index contributed by atoms with van der Waals surface area (Å²) in [5, 5.41) is 16.2. The molecule has 2 aromatic carbocycles. The Hall–Kier alpha value is -2.98. The van der Waals surface area contributed by atoms with Crippen LogP contribution in [0.25, 0.3) is 0 Å². The average Bonchev–Trinajstić information content (AvgIpc) is 2.64. The fraction of sp³-hybridized carbons (Fsp3) is 0.235. The fourth-order valence-electron chi connectivity index (χ4n) is 2.88. The lowest BCUT2D eigenvalue weighted by Gasteiger charge is -2.28. The highest BCUT2D eigenvalue weighted by molar-refractivity contribution is 7.89. The zero-order valence-electron chi connectivity index (χ0n) is 14.2. The second-order valence-corrected chi connectivity index (χ2v) is 7.62. The molecule has 0 unspecified atom stereocenters. The number of hydrogen-bond donors (Lipinski definition) is 1. The highest BCUT2D eigenvalue weighted by Crippen LogP contribution is 2.29. The van der Waals surface area contributed by atoms with E-state index in [4.69, 9.17) is 9.88 Å². The lowest BCUT2D eigenvalue weighted by molar-refractivity contribution is -0.386. The molecule has 0 saturated carbocycles. The Bertz CT molecular complexity index is 1010. The molecule has 3 rings (SSSR count). The van der Waals surface area contributed by atoms with Gasteiger partial charge in [-0.05, 0) is 29.7 Å². The molecule has 0 fully saturated rings. The molecule has 10 heteroatoms. The largest absolute Gasteiger partial charge is 0.477 e. The first-order chi connectivity index (χ1) is 12.8.